The van der Waals surface area contributed by atoms with Crippen molar-refractivity contribution in [1.29, 1.82) is 0 Å². The molecule has 48 heavy (non-hydrogen) atoms. The van der Waals surface area contributed by atoms with Gasteiger partial charge >= 0.3 is 18.5 Å². The number of guanidine groups is 2. The first-order chi connectivity index (χ1) is 22.4. The molecule has 0 spiro atoms. The summed E-state index contributed by atoms with van der Waals surface area (Å²) in [4.78, 5) is 7.69. The molecular weight excluding hydrogens is 668 g/mol. The number of nitrogens with two attached hydrogens (primary N) is 3. The van der Waals surface area contributed by atoms with Crippen molar-refractivity contribution in [3.05, 3.63) is 89.5 Å². The topological polar surface area (TPSA) is 103 Å². The third kappa shape index (κ3) is 10.9. The summed E-state index contributed by atoms with van der Waals surface area (Å²) in [5.41, 5.74) is 13.3. The Balaban J connectivity index is 1.85. The number of hydrogen-bond donors (Lipinski definition) is 3. The molecule has 0 fully saturated rings. The molecule has 0 aromatic heterocycles. The molecule has 3 aromatic rings. The third-order valence-electron chi connectivity index (χ3n) is 7.83. The Morgan fingerprint density at radius 3 is 1.10 bits per heavy atom. The van der Waals surface area contributed by atoms with Gasteiger partial charge in [-0.05, 0) is 92.1 Å². The maximum absolute atomic E-state index is 13.5. The summed E-state index contributed by atoms with van der Waals surface area (Å²) in [5.74, 6) is -0.161. The summed E-state index contributed by atoms with van der Waals surface area (Å²) in [6.45, 7) is 0.478. The number of benzene rings is 3. The van der Waals surface area contributed by atoms with Gasteiger partial charge in [-0.2, -0.15) is 44.5 Å². The van der Waals surface area contributed by atoms with Crippen LogP contribution in [0.5, 0.6) is 0 Å². The Labute approximate surface area is 273 Å². The van der Waals surface area contributed by atoms with Crippen LogP contribution >= 0.6 is 7.26 Å². The highest BCUT2D eigenvalue weighted by atomic mass is 31.2. The summed E-state index contributed by atoms with van der Waals surface area (Å²) in [6.07, 6.45) is -6.99. The SMILES string of the molecule is NC(N)=NC(N)=NCCCCCCCCCC[P+](c1ccc(C(F)(F)F)cc1)(c1ccc(C(F)(F)F)cc1)c1ccc(C(F)(F)F)cc1. The van der Waals surface area contributed by atoms with E-state index in [0.717, 1.165) is 74.9 Å². The van der Waals surface area contributed by atoms with E-state index in [1.807, 2.05) is 0 Å². The Kier molecular flexibility index (Phi) is 13.3. The molecule has 0 aliphatic heterocycles. The summed E-state index contributed by atoms with van der Waals surface area (Å²) < 4.78 is 121. The Morgan fingerprint density at radius 2 is 0.792 bits per heavy atom. The minimum absolute atomic E-state index is 0.0119. The fourth-order valence-corrected chi connectivity index (χ4v) is 9.77. The molecule has 0 saturated heterocycles. The molecule has 0 bridgehead atoms. The van der Waals surface area contributed by atoms with E-state index in [2.05, 4.69) is 9.98 Å². The first-order valence-corrected chi connectivity index (χ1v) is 17.2. The number of alkyl halides is 9. The molecule has 15 heteroatoms. The summed E-state index contributed by atoms with van der Waals surface area (Å²) >= 11 is 0. The van der Waals surface area contributed by atoms with Gasteiger partial charge in [0.05, 0.1) is 22.9 Å². The van der Waals surface area contributed by atoms with Gasteiger partial charge in [0.15, 0.2) is 5.96 Å². The molecule has 5 nitrogen and oxygen atoms in total. The van der Waals surface area contributed by atoms with Crippen molar-refractivity contribution < 1.29 is 39.5 Å². The van der Waals surface area contributed by atoms with E-state index in [1.165, 1.54) is 36.4 Å². The van der Waals surface area contributed by atoms with Gasteiger partial charge < -0.3 is 17.2 Å². The Morgan fingerprint density at radius 1 is 0.479 bits per heavy atom. The van der Waals surface area contributed by atoms with Gasteiger partial charge in [-0.25, -0.2) is 0 Å². The van der Waals surface area contributed by atoms with Gasteiger partial charge in [-0.1, -0.05) is 32.1 Å². The maximum atomic E-state index is 13.5. The predicted molar refractivity (Wildman–Crippen MR) is 174 cm³/mol. The van der Waals surface area contributed by atoms with Crippen molar-refractivity contribution in [1.82, 2.24) is 0 Å². The number of aliphatic imine (C=N–C) groups is 2. The number of hydrogen-bond acceptors (Lipinski definition) is 1. The molecule has 3 rings (SSSR count). The maximum Gasteiger partial charge on any atom is 0.416 e. The standard InChI is InChI=1S/C33H38F9N5P/c34-31(35,36)23-9-15-26(16-10-23)48(27-17-11-24(12-18-27)32(37,38)39,28-19-13-25(14-20-28)33(40,41)42)22-8-6-4-2-1-3-5-7-21-46-30(45)47-29(43)44/h9-20H,1-8,21-22H2,(H6,43,44,45,46,47)/q+1. The van der Waals surface area contributed by atoms with Crippen LogP contribution in [0.25, 0.3) is 0 Å². The van der Waals surface area contributed by atoms with Crippen LogP contribution < -0.4 is 33.1 Å². The quantitative estimate of drug-likeness (QED) is 0.0526. The zero-order chi connectivity index (χ0) is 35.6. The number of rotatable bonds is 14. The van der Waals surface area contributed by atoms with Crippen molar-refractivity contribution in [2.75, 3.05) is 12.7 Å². The zero-order valence-corrected chi connectivity index (χ0v) is 26.9. The van der Waals surface area contributed by atoms with Crippen LogP contribution in [0.1, 0.15) is 68.1 Å². The second-order valence-corrected chi connectivity index (χ2v) is 14.9. The molecule has 0 radical (unpaired) electrons. The Bertz CT molecular complexity index is 1350. The molecule has 0 aliphatic carbocycles. The predicted octanol–water partition coefficient (Wildman–Crippen LogP) is 7.75. The lowest BCUT2D eigenvalue weighted by Crippen LogP contribution is -2.34. The molecule has 0 amide bonds. The van der Waals surface area contributed by atoms with Gasteiger partial charge in [-0.15, -0.1) is 0 Å². The average molecular weight is 707 g/mol. The number of nitrogens with zero attached hydrogens (tertiary/aromatic N) is 2. The first kappa shape index (κ1) is 38.6. The summed E-state index contributed by atoms with van der Waals surface area (Å²) in [6, 6.07) is 13.2. The van der Waals surface area contributed by atoms with Crippen LogP contribution in [0.4, 0.5) is 39.5 Å². The first-order valence-electron chi connectivity index (χ1n) is 15.3. The lowest BCUT2D eigenvalue weighted by Gasteiger charge is -2.28. The smallest absolute Gasteiger partial charge is 0.370 e. The largest absolute Gasteiger partial charge is 0.416 e. The van der Waals surface area contributed by atoms with Crippen LogP contribution in [0.2, 0.25) is 0 Å². The fourth-order valence-electron chi connectivity index (χ4n) is 5.43. The summed E-state index contributed by atoms with van der Waals surface area (Å²) in [5, 5.41) is 1.29. The van der Waals surface area contributed by atoms with E-state index in [4.69, 9.17) is 17.2 Å². The van der Waals surface area contributed by atoms with Crippen LogP contribution in [0, 0.1) is 0 Å². The fraction of sp³-hybridized carbons (Fsp3) is 0.394. The second-order valence-electron chi connectivity index (χ2n) is 11.3. The van der Waals surface area contributed by atoms with Crippen LogP contribution in [0.15, 0.2) is 82.8 Å². The lowest BCUT2D eigenvalue weighted by atomic mass is 10.1. The summed E-state index contributed by atoms with van der Waals surface area (Å²) in [7, 11) is -3.01. The van der Waals surface area contributed by atoms with Crippen LogP contribution in [-0.4, -0.2) is 24.6 Å². The average Bonchev–Trinajstić information content (AvgIpc) is 3.00. The van der Waals surface area contributed by atoms with Crippen molar-refractivity contribution in [3.8, 4) is 0 Å². The zero-order valence-electron chi connectivity index (χ0n) is 26.0. The number of halogens is 9. The molecule has 3 aromatic carbocycles. The van der Waals surface area contributed by atoms with Gasteiger partial charge in [0.1, 0.15) is 23.2 Å². The van der Waals surface area contributed by atoms with E-state index in [9.17, 15) is 39.5 Å². The van der Waals surface area contributed by atoms with Crippen molar-refractivity contribution >= 4 is 35.1 Å². The van der Waals surface area contributed by atoms with Crippen molar-refractivity contribution in [2.45, 2.75) is 69.9 Å². The molecule has 0 heterocycles. The number of unbranched alkanes of at least 4 members (excludes halogenated alkanes) is 7. The molecule has 0 aliphatic rings. The van der Waals surface area contributed by atoms with E-state index in [0.29, 0.717) is 41.5 Å². The Hall–Kier alpha value is -3.80. The van der Waals surface area contributed by atoms with Crippen molar-refractivity contribution in [2.24, 2.45) is 27.2 Å². The highest BCUT2D eigenvalue weighted by molar-refractivity contribution is 7.95. The van der Waals surface area contributed by atoms with Gasteiger partial charge in [0.25, 0.3) is 0 Å². The lowest BCUT2D eigenvalue weighted by molar-refractivity contribution is -0.138. The molecule has 0 atom stereocenters. The van der Waals surface area contributed by atoms with Crippen LogP contribution in [0.3, 0.4) is 0 Å². The highest BCUT2D eigenvalue weighted by Crippen LogP contribution is 2.56. The normalized spacial score (nSPS) is 13.1. The minimum atomic E-state index is -4.63. The van der Waals surface area contributed by atoms with Gasteiger partial charge in [0.2, 0.25) is 5.96 Å². The monoisotopic (exact) mass is 706 g/mol. The second kappa shape index (κ2) is 16.5. The van der Waals surface area contributed by atoms with E-state index in [-0.39, 0.29) is 11.9 Å². The molecule has 262 valence electrons. The van der Waals surface area contributed by atoms with E-state index >= 15 is 0 Å². The van der Waals surface area contributed by atoms with Crippen LogP contribution in [-0.2, 0) is 18.5 Å². The van der Waals surface area contributed by atoms with Crippen molar-refractivity contribution in [3.63, 3.8) is 0 Å². The van der Waals surface area contributed by atoms with Gasteiger partial charge in [0, 0.05) is 6.54 Å². The molecule has 6 N–H and O–H groups in total. The third-order valence-corrected chi connectivity index (χ3v) is 12.4. The molecule has 0 saturated carbocycles. The van der Waals surface area contributed by atoms with Gasteiger partial charge in [-0.3, -0.25) is 4.99 Å². The highest BCUT2D eigenvalue weighted by Gasteiger charge is 2.46. The minimum Gasteiger partial charge on any atom is -0.370 e. The van der Waals surface area contributed by atoms with E-state index < -0.39 is 42.5 Å². The molecule has 0 unspecified atom stereocenters. The molecular formula is C33H38F9N5P+. The van der Waals surface area contributed by atoms with E-state index in [1.54, 1.807) is 0 Å².